The fraction of sp³-hybridized carbons (Fsp3) is 0. The Morgan fingerprint density at radius 1 is 0.840 bits per heavy atom. The maximum Gasteiger partial charge on any atom is 0.140 e. The van der Waals surface area contributed by atoms with Gasteiger partial charge in [0.05, 0.1) is 16.4 Å². The molecule has 0 unspecified atom stereocenters. The van der Waals surface area contributed by atoms with Crippen molar-refractivity contribution in [3.8, 4) is 33.9 Å². The van der Waals surface area contributed by atoms with Gasteiger partial charge in [0, 0.05) is 34.1 Å². The van der Waals surface area contributed by atoms with Crippen molar-refractivity contribution in [3.05, 3.63) is 83.1 Å². The molecule has 2 aromatic carbocycles. The van der Waals surface area contributed by atoms with E-state index < -0.39 is 0 Å². The molecule has 0 radical (unpaired) electrons. The number of imidazole rings is 1. The van der Waals surface area contributed by atoms with Crippen molar-refractivity contribution < 1.29 is 0 Å². The smallest absolute Gasteiger partial charge is 0.140 e. The SMILES string of the molecule is Clc1ccc(Cl)c(-c2nc(-c3cccnc3)[nH]c2-c2ccccc2)c1. The van der Waals surface area contributed by atoms with E-state index in [-0.39, 0.29) is 0 Å². The second-order valence-corrected chi connectivity index (χ2v) is 6.38. The van der Waals surface area contributed by atoms with Crippen molar-refractivity contribution in [1.82, 2.24) is 15.0 Å². The summed E-state index contributed by atoms with van der Waals surface area (Å²) in [6.07, 6.45) is 3.51. The van der Waals surface area contributed by atoms with Crippen LogP contribution in [0.5, 0.6) is 0 Å². The van der Waals surface area contributed by atoms with Crippen LogP contribution >= 0.6 is 23.2 Å². The molecule has 4 rings (SSSR count). The van der Waals surface area contributed by atoms with E-state index in [0.717, 1.165) is 33.9 Å². The van der Waals surface area contributed by atoms with Gasteiger partial charge in [-0.05, 0) is 30.3 Å². The molecule has 25 heavy (non-hydrogen) atoms. The molecule has 0 saturated heterocycles. The van der Waals surface area contributed by atoms with Gasteiger partial charge >= 0.3 is 0 Å². The Hall–Kier alpha value is -2.62. The number of halogens is 2. The molecule has 3 nitrogen and oxygen atoms in total. The second kappa shape index (κ2) is 6.71. The molecule has 0 aliphatic carbocycles. The van der Waals surface area contributed by atoms with E-state index in [1.54, 1.807) is 24.5 Å². The van der Waals surface area contributed by atoms with Gasteiger partial charge < -0.3 is 4.98 Å². The van der Waals surface area contributed by atoms with Gasteiger partial charge in [0.15, 0.2) is 0 Å². The molecular weight excluding hydrogens is 353 g/mol. The van der Waals surface area contributed by atoms with E-state index in [4.69, 9.17) is 28.2 Å². The molecule has 0 aliphatic rings. The van der Waals surface area contributed by atoms with Gasteiger partial charge in [-0.2, -0.15) is 0 Å². The van der Waals surface area contributed by atoms with E-state index in [1.165, 1.54) is 0 Å². The first-order valence-electron chi connectivity index (χ1n) is 7.73. The van der Waals surface area contributed by atoms with Crippen molar-refractivity contribution >= 4 is 23.2 Å². The van der Waals surface area contributed by atoms with E-state index in [9.17, 15) is 0 Å². The highest BCUT2D eigenvalue weighted by molar-refractivity contribution is 6.35. The molecule has 0 spiro atoms. The van der Waals surface area contributed by atoms with Crippen molar-refractivity contribution in [1.29, 1.82) is 0 Å². The first-order valence-corrected chi connectivity index (χ1v) is 8.49. The molecule has 2 heterocycles. The summed E-state index contributed by atoms with van der Waals surface area (Å²) >= 11 is 12.6. The molecule has 0 bridgehead atoms. The van der Waals surface area contributed by atoms with Crippen LogP contribution in [0, 0.1) is 0 Å². The average molecular weight is 366 g/mol. The Balaban J connectivity index is 1.96. The van der Waals surface area contributed by atoms with Gasteiger partial charge in [-0.1, -0.05) is 53.5 Å². The van der Waals surface area contributed by atoms with E-state index in [1.807, 2.05) is 48.5 Å². The van der Waals surface area contributed by atoms with Crippen molar-refractivity contribution in [2.45, 2.75) is 0 Å². The van der Waals surface area contributed by atoms with Crippen LogP contribution in [0.1, 0.15) is 0 Å². The molecule has 122 valence electrons. The van der Waals surface area contributed by atoms with Gasteiger partial charge in [0.25, 0.3) is 0 Å². The lowest BCUT2D eigenvalue weighted by molar-refractivity contribution is 1.26. The van der Waals surface area contributed by atoms with Crippen LogP contribution in [0.4, 0.5) is 0 Å². The standard InChI is InChI=1S/C20H13Cl2N3/c21-15-8-9-17(22)16(11-15)19-18(13-5-2-1-3-6-13)24-20(25-19)14-7-4-10-23-12-14/h1-12H,(H,24,25). The first-order chi connectivity index (χ1) is 12.2. The molecule has 0 amide bonds. The number of rotatable bonds is 3. The van der Waals surface area contributed by atoms with Crippen LogP contribution in [0.2, 0.25) is 10.0 Å². The van der Waals surface area contributed by atoms with Crippen LogP contribution in [0.3, 0.4) is 0 Å². The summed E-state index contributed by atoms with van der Waals surface area (Å²) in [6, 6.07) is 19.2. The number of nitrogens with one attached hydrogen (secondary N) is 1. The van der Waals surface area contributed by atoms with Crippen molar-refractivity contribution in [3.63, 3.8) is 0 Å². The van der Waals surface area contributed by atoms with Gasteiger partial charge in [0.1, 0.15) is 5.82 Å². The molecule has 0 aliphatic heterocycles. The predicted octanol–water partition coefficient (Wildman–Crippen LogP) is 6.11. The molecule has 2 aromatic heterocycles. The van der Waals surface area contributed by atoms with Crippen LogP contribution in [-0.4, -0.2) is 15.0 Å². The van der Waals surface area contributed by atoms with Gasteiger partial charge in [0.2, 0.25) is 0 Å². The Morgan fingerprint density at radius 3 is 2.40 bits per heavy atom. The minimum Gasteiger partial charge on any atom is -0.337 e. The Kier molecular flexibility index (Phi) is 4.26. The average Bonchev–Trinajstić information content (AvgIpc) is 3.10. The van der Waals surface area contributed by atoms with Crippen LogP contribution < -0.4 is 0 Å². The summed E-state index contributed by atoms with van der Waals surface area (Å²) in [5.41, 5.74) is 4.38. The second-order valence-electron chi connectivity index (χ2n) is 5.54. The zero-order valence-electron chi connectivity index (χ0n) is 13.1. The lowest BCUT2D eigenvalue weighted by Crippen LogP contribution is -1.85. The summed E-state index contributed by atoms with van der Waals surface area (Å²) < 4.78 is 0. The molecule has 5 heteroatoms. The number of pyridine rings is 1. The molecule has 0 fully saturated rings. The third-order valence-corrected chi connectivity index (χ3v) is 4.45. The number of H-pyrrole nitrogens is 1. The predicted molar refractivity (Wildman–Crippen MR) is 103 cm³/mol. The number of hydrogen-bond donors (Lipinski definition) is 1. The lowest BCUT2D eigenvalue weighted by atomic mass is 10.1. The minimum atomic E-state index is 0.603. The lowest BCUT2D eigenvalue weighted by Gasteiger charge is -2.05. The summed E-state index contributed by atoms with van der Waals surface area (Å²) in [6.45, 7) is 0. The zero-order valence-corrected chi connectivity index (χ0v) is 14.6. The highest BCUT2D eigenvalue weighted by Gasteiger charge is 2.17. The fourth-order valence-corrected chi connectivity index (χ4v) is 3.08. The summed E-state index contributed by atoms with van der Waals surface area (Å²) in [5.74, 6) is 0.734. The topological polar surface area (TPSA) is 41.6 Å². The largest absolute Gasteiger partial charge is 0.337 e. The Morgan fingerprint density at radius 2 is 1.64 bits per heavy atom. The highest BCUT2D eigenvalue weighted by Crippen LogP contribution is 2.37. The monoisotopic (exact) mass is 365 g/mol. The van der Waals surface area contributed by atoms with Gasteiger partial charge in [-0.15, -0.1) is 0 Å². The third-order valence-electron chi connectivity index (χ3n) is 3.88. The molecular formula is C20H13Cl2N3. The van der Waals surface area contributed by atoms with Crippen LogP contribution in [-0.2, 0) is 0 Å². The highest BCUT2D eigenvalue weighted by atomic mass is 35.5. The number of benzene rings is 2. The number of nitrogens with zero attached hydrogens (tertiary/aromatic N) is 2. The van der Waals surface area contributed by atoms with Gasteiger partial charge in [-0.3, -0.25) is 4.98 Å². The fourth-order valence-electron chi connectivity index (χ4n) is 2.70. The van der Waals surface area contributed by atoms with E-state index in [2.05, 4.69) is 9.97 Å². The summed E-state index contributed by atoms with van der Waals surface area (Å²) in [4.78, 5) is 12.4. The zero-order chi connectivity index (χ0) is 17.2. The third kappa shape index (κ3) is 3.16. The van der Waals surface area contributed by atoms with Crippen LogP contribution in [0.25, 0.3) is 33.9 Å². The van der Waals surface area contributed by atoms with Crippen molar-refractivity contribution in [2.24, 2.45) is 0 Å². The van der Waals surface area contributed by atoms with Crippen molar-refractivity contribution in [2.75, 3.05) is 0 Å². The molecule has 0 atom stereocenters. The Bertz CT molecular complexity index is 1010. The number of hydrogen-bond acceptors (Lipinski definition) is 2. The minimum absolute atomic E-state index is 0.603. The van der Waals surface area contributed by atoms with E-state index in [0.29, 0.717) is 10.0 Å². The molecule has 4 aromatic rings. The normalized spacial score (nSPS) is 10.8. The molecule has 0 saturated carbocycles. The summed E-state index contributed by atoms with van der Waals surface area (Å²) in [5, 5.41) is 1.22. The number of aromatic amines is 1. The van der Waals surface area contributed by atoms with E-state index >= 15 is 0 Å². The summed E-state index contributed by atoms with van der Waals surface area (Å²) in [7, 11) is 0. The maximum absolute atomic E-state index is 6.42. The number of aromatic nitrogens is 3. The van der Waals surface area contributed by atoms with Crippen LogP contribution in [0.15, 0.2) is 73.1 Å². The molecule has 1 N–H and O–H groups in total. The quantitative estimate of drug-likeness (QED) is 0.475. The van der Waals surface area contributed by atoms with Gasteiger partial charge in [-0.25, -0.2) is 4.98 Å². The maximum atomic E-state index is 6.42. The first kappa shape index (κ1) is 15.9. The Labute approximate surface area is 155 Å².